The number of hydrogen-bond acceptors (Lipinski definition) is 6. The van der Waals surface area contributed by atoms with Crippen LogP contribution >= 0.6 is 0 Å². The Bertz CT molecular complexity index is 1240. The molecule has 1 atom stereocenters. The Morgan fingerprint density at radius 1 is 0.333 bits per heavy atom. The van der Waals surface area contributed by atoms with E-state index in [9.17, 15) is 14.4 Å². The Kier molecular flexibility index (Phi) is 48.5. The zero-order valence-electron chi connectivity index (χ0n) is 41.1. The molecule has 0 unspecified atom stereocenters. The second-order valence-electron chi connectivity index (χ2n) is 17.1. The van der Waals surface area contributed by atoms with Crippen LogP contribution in [0.3, 0.4) is 0 Å². The van der Waals surface area contributed by atoms with E-state index in [0.717, 1.165) is 103 Å². The molecule has 0 fully saturated rings. The summed E-state index contributed by atoms with van der Waals surface area (Å²) in [5, 5.41) is 0. The van der Waals surface area contributed by atoms with Crippen molar-refractivity contribution in [3.63, 3.8) is 0 Å². The molecule has 0 N–H and O–H groups in total. The van der Waals surface area contributed by atoms with Crippen molar-refractivity contribution in [3.05, 3.63) is 85.1 Å². The molecule has 0 aromatic carbocycles. The molecule has 63 heavy (non-hydrogen) atoms. The van der Waals surface area contributed by atoms with E-state index < -0.39 is 6.10 Å². The predicted octanol–water partition coefficient (Wildman–Crippen LogP) is 17.2. The average molecular weight is 877 g/mol. The van der Waals surface area contributed by atoms with Crippen molar-refractivity contribution in [3.8, 4) is 0 Å². The summed E-state index contributed by atoms with van der Waals surface area (Å²) in [4.78, 5) is 38.0. The number of esters is 3. The lowest BCUT2D eigenvalue weighted by molar-refractivity contribution is -0.167. The van der Waals surface area contributed by atoms with Gasteiger partial charge >= 0.3 is 17.9 Å². The minimum atomic E-state index is -0.805. The van der Waals surface area contributed by atoms with Crippen molar-refractivity contribution in [1.29, 1.82) is 0 Å². The summed E-state index contributed by atoms with van der Waals surface area (Å²) < 4.78 is 16.7. The van der Waals surface area contributed by atoms with Gasteiger partial charge in [-0.05, 0) is 89.9 Å². The first kappa shape index (κ1) is 59.6. The molecule has 360 valence electrons. The van der Waals surface area contributed by atoms with E-state index >= 15 is 0 Å². The van der Waals surface area contributed by atoms with Crippen LogP contribution < -0.4 is 0 Å². The highest BCUT2D eigenvalue weighted by atomic mass is 16.6. The first-order valence-electron chi connectivity index (χ1n) is 26.1. The summed E-state index contributed by atoms with van der Waals surface area (Å²) in [6.07, 6.45) is 65.7. The Morgan fingerprint density at radius 2 is 0.635 bits per heavy atom. The van der Waals surface area contributed by atoms with E-state index in [1.54, 1.807) is 0 Å². The van der Waals surface area contributed by atoms with Crippen LogP contribution in [0.4, 0.5) is 0 Å². The molecule has 0 aliphatic heterocycles. The van der Waals surface area contributed by atoms with Gasteiger partial charge in [-0.1, -0.05) is 215 Å². The summed E-state index contributed by atoms with van der Waals surface area (Å²) in [5.41, 5.74) is 0. The molecular formula is C57H96O6. The Hall–Kier alpha value is -3.41. The van der Waals surface area contributed by atoms with Crippen molar-refractivity contribution in [2.24, 2.45) is 0 Å². The molecule has 6 nitrogen and oxygen atoms in total. The van der Waals surface area contributed by atoms with Crippen molar-refractivity contribution < 1.29 is 28.6 Å². The number of carbonyl (C=O) groups excluding carboxylic acids is 3. The summed E-state index contributed by atoms with van der Waals surface area (Å²) in [5.74, 6) is -0.973. The van der Waals surface area contributed by atoms with Crippen LogP contribution in [-0.4, -0.2) is 37.2 Å². The van der Waals surface area contributed by atoms with Crippen LogP contribution in [0.5, 0.6) is 0 Å². The zero-order valence-corrected chi connectivity index (χ0v) is 41.1. The highest BCUT2D eigenvalue weighted by Crippen LogP contribution is 2.14. The molecule has 0 aromatic heterocycles. The third-order valence-corrected chi connectivity index (χ3v) is 10.9. The van der Waals surface area contributed by atoms with Crippen LogP contribution in [0.2, 0.25) is 0 Å². The first-order valence-corrected chi connectivity index (χ1v) is 26.1. The maximum Gasteiger partial charge on any atom is 0.306 e. The maximum atomic E-state index is 12.8. The van der Waals surface area contributed by atoms with E-state index in [1.165, 1.54) is 89.9 Å². The lowest BCUT2D eigenvalue weighted by Gasteiger charge is -2.18. The molecule has 0 aliphatic carbocycles. The smallest absolute Gasteiger partial charge is 0.306 e. The first-order chi connectivity index (χ1) is 31.0. The number of rotatable bonds is 46. The van der Waals surface area contributed by atoms with Crippen molar-refractivity contribution >= 4 is 17.9 Å². The van der Waals surface area contributed by atoms with Gasteiger partial charge in [0.25, 0.3) is 0 Å². The molecule has 0 radical (unpaired) electrons. The number of ether oxygens (including phenoxy) is 3. The molecule has 0 amide bonds. The van der Waals surface area contributed by atoms with E-state index in [2.05, 4.69) is 106 Å². The van der Waals surface area contributed by atoms with E-state index in [1.807, 2.05) is 0 Å². The molecule has 6 heteroatoms. The minimum absolute atomic E-state index is 0.0987. The van der Waals surface area contributed by atoms with Crippen LogP contribution in [0, 0.1) is 0 Å². The molecule has 0 spiro atoms. The lowest BCUT2D eigenvalue weighted by atomic mass is 10.0. The van der Waals surface area contributed by atoms with E-state index in [4.69, 9.17) is 14.2 Å². The largest absolute Gasteiger partial charge is 0.462 e. The fourth-order valence-corrected chi connectivity index (χ4v) is 6.98. The third-order valence-electron chi connectivity index (χ3n) is 10.9. The standard InChI is InChI=1S/C57H96O6/c1-4-7-10-13-16-19-22-25-27-28-30-32-35-38-41-44-47-50-56(59)62-53-54(52-61-55(58)49-46-43-40-37-34-31-24-21-18-15-12-9-6-3)63-57(60)51-48-45-42-39-36-33-29-26-23-20-17-14-11-8-5-2/h7,10,16-17,19-20,25-27,29-30,32,38,41,54H,4-6,8-9,11-15,18,21-24,28,31,33-37,39-40,42-53H2,1-3H3/b10-7+,19-16+,20-17+,27-25+,29-26+,32-30+,41-38+/t54-/m1/s1. The van der Waals surface area contributed by atoms with Gasteiger partial charge in [-0.15, -0.1) is 0 Å². The molecule has 0 saturated carbocycles. The molecule has 0 bridgehead atoms. The van der Waals surface area contributed by atoms with Gasteiger partial charge in [0.05, 0.1) is 0 Å². The molecule has 0 aromatic rings. The molecular weight excluding hydrogens is 781 g/mol. The molecule has 0 aliphatic rings. The summed E-state index contributed by atoms with van der Waals surface area (Å²) in [6.45, 7) is 6.43. The SMILES string of the molecule is CC/C=C/C/C=C/C/C=C/C/C=C/C/C=C/CCCC(=O)OC[C@@H](COC(=O)CCCCCCCCCCCCCCC)OC(=O)CCCCCCC/C=C/C/C=C/CCCCC. The number of allylic oxidation sites excluding steroid dienone is 14. The molecule has 0 rings (SSSR count). The van der Waals surface area contributed by atoms with Crippen molar-refractivity contribution in [2.45, 2.75) is 245 Å². The Morgan fingerprint density at radius 3 is 1.06 bits per heavy atom. The average Bonchev–Trinajstić information content (AvgIpc) is 3.28. The predicted molar refractivity (Wildman–Crippen MR) is 270 cm³/mol. The summed E-state index contributed by atoms with van der Waals surface area (Å²) in [6, 6.07) is 0. The topological polar surface area (TPSA) is 78.9 Å². The second-order valence-corrected chi connectivity index (χ2v) is 17.1. The zero-order chi connectivity index (χ0) is 45.8. The summed E-state index contributed by atoms with van der Waals surface area (Å²) >= 11 is 0. The van der Waals surface area contributed by atoms with Gasteiger partial charge < -0.3 is 14.2 Å². The van der Waals surface area contributed by atoms with E-state index in [-0.39, 0.29) is 37.5 Å². The van der Waals surface area contributed by atoms with Crippen molar-refractivity contribution in [2.75, 3.05) is 13.2 Å². The highest BCUT2D eigenvalue weighted by molar-refractivity contribution is 5.71. The molecule has 0 saturated heterocycles. The third kappa shape index (κ3) is 49.5. The van der Waals surface area contributed by atoms with E-state index in [0.29, 0.717) is 19.3 Å². The fourth-order valence-electron chi connectivity index (χ4n) is 6.98. The molecule has 0 heterocycles. The van der Waals surface area contributed by atoms with Gasteiger partial charge in [0.1, 0.15) is 13.2 Å². The van der Waals surface area contributed by atoms with Crippen LogP contribution in [-0.2, 0) is 28.6 Å². The number of hydrogen-bond donors (Lipinski definition) is 0. The van der Waals surface area contributed by atoms with Gasteiger partial charge in [-0.25, -0.2) is 0 Å². The van der Waals surface area contributed by atoms with Crippen LogP contribution in [0.25, 0.3) is 0 Å². The number of unbranched alkanes of at least 4 members (excludes halogenated alkanes) is 21. The Labute approximate surface area is 388 Å². The minimum Gasteiger partial charge on any atom is -0.462 e. The monoisotopic (exact) mass is 877 g/mol. The fraction of sp³-hybridized carbons (Fsp3) is 0.702. The second kappa shape index (κ2) is 51.2. The summed E-state index contributed by atoms with van der Waals surface area (Å²) in [7, 11) is 0. The van der Waals surface area contributed by atoms with Gasteiger partial charge in [-0.2, -0.15) is 0 Å². The quantitative estimate of drug-likeness (QED) is 0.0262. The van der Waals surface area contributed by atoms with Gasteiger partial charge in [0, 0.05) is 19.3 Å². The van der Waals surface area contributed by atoms with Crippen molar-refractivity contribution in [1.82, 2.24) is 0 Å². The highest BCUT2D eigenvalue weighted by Gasteiger charge is 2.19. The van der Waals surface area contributed by atoms with Gasteiger partial charge in [-0.3, -0.25) is 14.4 Å². The van der Waals surface area contributed by atoms with Crippen LogP contribution in [0.15, 0.2) is 85.1 Å². The number of carbonyl (C=O) groups is 3. The normalized spacial score (nSPS) is 12.7. The Balaban J connectivity index is 4.50. The van der Waals surface area contributed by atoms with Crippen LogP contribution in [0.1, 0.15) is 239 Å². The van der Waals surface area contributed by atoms with Gasteiger partial charge in [0.2, 0.25) is 0 Å². The van der Waals surface area contributed by atoms with Gasteiger partial charge in [0.15, 0.2) is 6.10 Å². The lowest BCUT2D eigenvalue weighted by Crippen LogP contribution is -2.30. The maximum absolute atomic E-state index is 12.8.